The first kappa shape index (κ1) is 23.4. The Bertz CT molecular complexity index is 889. The highest BCUT2D eigenvalue weighted by molar-refractivity contribution is 5.89. The van der Waals surface area contributed by atoms with E-state index in [0.717, 1.165) is 7.11 Å². The van der Waals surface area contributed by atoms with Gasteiger partial charge in [-0.25, -0.2) is 4.79 Å². The smallest absolute Gasteiger partial charge is 0.460 e. The number of methoxy groups -OCH3 is 1. The molecule has 0 aromatic heterocycles. The average molecular weight is 446 g/mol. The van der Waals surface area contributed by atoms with Crippen molar-refractivity contribution in [3.8, 4) is 11.5 Å². The maximum atomic E-state index is 13.9. The van der Waals surface area contributed by atoms with Crippen LogP contribution in [0.15, 0.2) is 48.5 Å². The monoisotopic (exact) mass is 446 g/mol. The zero-order valence-corrected chi connectivity index (χ0v) is 14.7. The number of halogens is 9. The number of rotatable bonds is 6. The molecule has 0 amide bonds. The van der Waals surface area contributed by atoms with Crippen molar-refractivity contribution in [2.45, 2.75) is 23.9 Å². The van der Waals surface area contributed by atoms with Crippen molar-refractivity contribution >= 4 is 5.97 Å². The first-order valence-electron chi connectivity index (χ1n) is 7.82. The number of alkyl halides is 9. The Morgan fingerprint density at radius 1 is 0.700 bits per heavy atom. The maximum absolute atomic E-state index is 13.9. The summed E-state index contributed by atoms with van der Waals surface area (Å²) in [5.41, 5.74) is -1.61. The minimum absolute atomic E-state index is 0.0797. The summed E-state index contributed by atoms with van der Waals surface area (Å²) < 4.78 is 127. The molecular formula is C18H11F9O3. The third-order valence-corrected chi connectivity index (χ3v) is 3.87. The summed E-state index contributed by atoms with van der Waals surface area (Å²) in [5.74, 6) is -20.3. The first-order valence-corrected chi connectivity index (χ1v) is 7.82. The van der Waals surface area contributed by atoms with Crippen molar-refractivity contribution in [1.82, 2.24) is 0 Å². The van der Waals surface area contributed by atoms with E-state index in [4.69, 9.17) is 4.74 Å². The molecule has 0 spiro atoms. The predicted octanol–water partition coefficient (Wildman–Crippen LogP) is 6.19. The van der Waals surface area contributed by atoms with E-state index in [2.05, 4.69) is 4.74 Å². The maximum Gasteiger partial charge on any atom is 0.460 e. The van der Waals surface area contributed by atoms with Crippen LogP contribution in [-0.4, -0.2) is 31.1 Å². The summed E-state index contributed by atoms with van der Waals surface area (Å²) in [7, 11) is 1.15. The highest BCUT2D eigenvalue weighted by Crippen LogP contribution is 2.56. The van der Waals surface area contributed by atoms with E-state index in [1.54, 1.807) is 0 Å². The van der Waals surface area contributed by atoms with Gasteiger partial charge in [-0.3, -0.25) is 0 Å². The molecular weight excluding hydrogens is 435 g/mol. The Labute approximate surface area is 163 Å². The van der Waals surface area contributed by atoms with Gasteiger partial charge < -0.3 is 9.47 Å². The molecule has 12 heteroatoms. The van der Waals surface area contributed by atoms with Crippen LogP contribution in [0.1, 0.15) is 15.9 Å². The summed E-state index contributed by atoms with van der Waals surface area (Å²) in [6.45, 7) is 0. The molecule has 0 heterocycles. The number of hydrogen-bond donors (Lipinski definition) is 0. The van der Waals surface area contributed by atoms with Gasteiger partial charge in [-0.1, -0.05) is 0 Å². The van der Waals surface area contributed by atoms with Crippen molar-refractivity contribution in [3.05, 3.63) is 59.7 Å². The first-order chi connectivity index (χ1) is 13.6. The highest BCUT2D eigenvalue weighted by Gasteiger charge is 2.81. The minimum atomic E-state index is -6.97. The summed E-state index contributed by atoms with van der Waals surface area (Å²) in [6.07, 6.45) is -6.89. The van der Waals surface area contributed by atoms with Gasteiger partial charge in [-0.2, -0.15) is 39.5 Å². The Morgan fingerprint density at radius 3 is 1.53 bits per heavy atom. The molecule has 0 atom stereocenters. The average Bonchev–Trinajstić information content (AvgIpc) is 2.67. The molecule has 2 aromatic rings. The van der Waals surface area contributed by atoms with Gasteiger partial charge in [-0.15, -0.1) is 0 Å². The summed E-state index contributed by atoms with van der Waals surface area (Å²) in [5, 5.41) is 0. The molecule has 2 aromatic carbocycles. The fourth-order valence-corrected chi connectivity index (χ4v) is 2.20. The van der Waals surface area contributed by atoms with E-state index in [0.29, 0.717) is 12.1 Å². The lowest BCUT2D eigenvalue weighted by Gasteiger charge is -2.33. The number of carbonyl (C=O) groups excluding carboxylic acids is 1. The van der Waals surface area contributed by atoms with Crippen molar-refractivity contribution in [3.63, 3.8) is 0 Å². The van der Waals surface area contributed by atoms with Gasteiger partial charge in [-0.05, 0) is 48.5 Å². The second-order valence-electron chi connectivity index (χ2n) is 5.86. The quantitative estimate of drug-likeness (QED) is 0.392. The molecule has 0 saturated carbocycles. The van der Waals surface area contributed by atoms with Crippen LogP contribution in [-0.2, 0) is 10.7 Å². The van der Waals surface area contributed by atoms with Gasteiger partial charge in [0.1, 0.15) is 11.5 Å². The number of carbonyl (C=O) groups is 1. The molecule has 0 fully saturated rings. The Morgan fingerprint density at radius 2 is 1.13 bits per heavy atom. The second-order valence-corrected chi connectivity index (χ2v) is 5.86. The zero-order valence-electron chi connectivity index (χ0n) is 14.7. The lowest BCUT2D eigenvalue weighted by atomic mass is 9.97. The summed E-state index contributed by atoms with van der Waals surface area (Å²) >= 11 is 0. The standard InChI is InChI=1S/C18H11F9O3/c1-29-14(28)10-2-6-12(7-3-10)30-13-8-4-11(5-9-13)15(19,20)16(21,22)17(23,24)18(25,26)27/h2-9H,1H3. The van der Waals surface area contributed by atoms with Crippen LogP contribution in [0, 0.1) is 0 Å². The molecule has 0 N–H and O–H groups in total. The fraction of sp³-hybridized carbons (Fsp3) is 0.278. The van der Waals surface area contributed by atoms with Gasteiger partial charge in [0.05, 0.1) is 12.7 Å². The molecule has 0 bridgehead atoms. The van der Waals surface area contributed by atoms with Crippen molar-refractivity contribution < 1.29 is 53.8 Å². The van der Waals surface area contributed by atoms with E-state index in [9.17, 15) is 44.3 Å². The van der Waals surface area contributed by atoms with Crippen molar-refractivity contribution in [1.29, 1.82) is 0 Å². The minimum Gasteiger partial charge on any atom is -0.465 e. The normalized spacial score (nSPS) is 13.1. The van der Waals surface area contributed by atoms with E-state index in [-0.39, 0.29) is 29.2 Å². The summed E-state index contributed by atoms with van der Waals surface area (Å²) in [4.78, 5) is 11.3. The van der Waals surface area contributed by atoms with Crippen LogP contribution in [0.5, 0.6) is 11.5 Å². The summed E-state index contributed by atoms with van der Waals surface area (Å²) in [6, 6.07) is 6.99. The third kappa shape index (κ3) is 4.03. The number of esters is 1. The van der Waals surface area contributed by atoms with E-state index in [1.165, 1.54) is 24.3 Å². The van der Waals surface area contributed by atoms with E-state index in [1.807, 2.05) is 0 Å². The molecule has 0 aliphatic carbocycles. The van der Waals surface area contributed by atoms with Gasteiger partial charge in [0.25, 0.3) is 0 Å². The zero-order chi connectivity index (χ0) is 23.0. The van der Waals surface area contributed by atoms with Crippen LogP contribution in [0.25, 0.3) is 0 Å². The third-order valence-electron chi connectivity index (χ3n) is 3.87. The Kier molecular flexibility index (Phi) is 6.02. The molecule has 30 heavy (non-hydrogen) atoms. The molecule has 0 saturated heterocycles. The lowest BCUT2D eigenvalue weighted by Crippen LogP contribution is -2.59. The van der Waals surface area contributed by atoms with Gasteiger partial charge in [0.15, 0.2) is 0 Å². The molecule has 0 aliphatic heterocycles. The molecule has 2 rings (SSSR count). The van der Waals surface area contributed by atoms with Gasteiger partial charge >= 0.3 is 29.9 Å². The molecule has 0 radical (unpaired) electrons. The molecule has 164 valence electrons. The second kappa shape index (κ2) is 7.73. The number of ether oxygens (including phenoxy) is 2. The highest BCUT2D eigenvalue weighted by atomic mass is 19.4. The Balaban J connectivity index is 2.25. The number of hydrogen-bond acceptors (Lipinski definition) is 3. The van der Waals surface area contributed by atoms with Gasteiger partial charge in [0, 0.05) is 5.56 Å². The Hall–Kier alpha value is -2.92. The van der Waals surface area contributed by atoms with Crippen LogP contribution >= 0.6 is 0 Å². The molecule has 0 aliphatic rings. The van der Waals surface area contributed by atoms with Crippen molar-refractivity contribution in [2.75, 3.05) is 7.11 Å². The van der Waals surface area contributed by atoms with Gasteiger partial charge in [0.2, 0.25) is 0 Å². The molecule has 3 nitrogen and oxygen atoms in total. The fourth-order valence-electron chi connectivity index (χ4n) is 2.20. The lowest BCUT2D eigenvalue weighted by molar-refractivity contribution is -0.399. The predicted molar refractivity (Wildman–Crippen MR) is 84.1 cm³/mol. The van der Waals surface area contributed by atoms with Crippen LogP contribution in [0.3, 0.4) is 0 Å². The molecule has 0 unspecified atom stereocenters. The van der Waals surface area contributed by atoms with Crippen molar-refractivity contribution in [2.24, 2.45) is 0 Å². The van der Waals surface area contributed by atoms with Crippen LogP contribution < -0.4 is 4.74 Å². The van der Waals surface area contributed by atoms with E-state index < -0.39 is 35.5 Å². The van der Waals surface area contributed by atoms with E-state index >= 15 is 0 Å². The largest absolute Gasteiger partial charge is 0.465 e. The topological polar surface area (TPSA) is 35.5 Å². The van der Waals surface area contributed by atoms with Crippen LogP contribution in [0.4, 0.5) is 39.5 Å². The number of benzene rings is 2. The SMILES string of the molecule is COC(=O)c1ccc(Oc2ccc(C(F)(F)C(F)(F)C(F)(F)C(F)(F)F)cc2)cc1. The van der Waals surface area contributed by atoms with Crippen LogP contribution in [0.2, 0.25) is 0 Å².